The zero-order valence-corrected chi connectivity index (χ0v) is 15.0. The molecule has 1 aliphatic heterocycles. The van der Waals surface area contributed by atoms with Gasteiger partial charge in [-0.1, -0.05) is 46.6 Å². The van der Waals surface area contributed by atoms with Crippen molar-refractivity contribution in [3.8, 4) is 0 Å². The number of piperazine rings is 1. The molecule has 1 N–H and O–H groups in total. The molecule has 21 heavy (non-hydrogen) atoms. The Hall–Kier alpha value is -0.380. The molecule has 0 bridgehead atoms. The van der Waals surface area contributed by atoms with Gasteiger partial charge in [-0.2, -0.15) is 0 Å². The third-order valence-corrected chi connectivity index (χ3v) is 6.10. The maximum atomic E-state index is 3.80. The van der Waals surface area contributed by atoms with Crippen LogP contribution in [0, 0.1) is 5.92 Å². The lowest BCUT2D eigenvalue weighted by Crippen LogP contribution is -2.58. The number of hydrogen-bond donors (Lipinski definition) is 1. The fraction of sp³-hybridized carbons (Fsp3) is 0.778. The largest absolute Gasteiger partial charge is 0.311 e. The molecule has 4 unspecified atom stereocenters. The highest BCUT2D eigenvalue weighted by Gasteiger charge is 2.34. The van der Waals surface area contributed by atoms with E-state index in [0.717, 1.165) is 12.5 Å². The summed E-state index contributed by atoms with van der Waals surface area (Å²) in [6.45, 7) is 11.7. The maximum Gasteiger partial charge on any atom is 0.0445 e. The minimum absolute atomic E-state index is 0.619. The van der Waals surface area contributed by atoms with Crippen LogP contribution in [0.1, 0.15) is 64.3 Å². The molecule has 1 aliphatic rings. The number of nitrogens with one attached hydrogen (secondary N) is 1. The zero-order chi connectivity index (χ0) is 15.2. The lowest BCUT2D eigenvalue weighted by atomic mass is 9.92. The fourth-order valence-corrected chi connectivity index (χ4v) is 4.38. The molecule has 0 aliphatic carbocycles. The van der Waals surface area contributed by atoms with E-state index in [1.54, 1.807) is 4.88 Å². The first-order chi connectivity index (χ1) is 10.2. The van der Waals surface area contributed by atoms with E-state index in [1.165, 1.54) is 32.2 Å². The number of thiophene rings is 1. The van der Waals surface area contributed by atoms with E-state index in [4.69, 9.17) is 0 Å². The Kier molecular flexibility index (Phi) is 6.72. The fourth-order valence-electron chi connectivity index (χ4n) is 3.50. The summed E-state index contributed by atoms with van der Waals surface area (Å²) < 4.78 is 0. The van der Waals surface area contributed by atoms with E-state index in [9.17, 15) is 0 Å². The molecule has 4 atom stereocenters. The Morgan fingerprint density at radius 1 is 1.38 bits per heavy atom. The van der Waals surface area contributed by atoms with Gasteiger partial charge in [0.15, 0.2) is 0 Å². The molecule has 0 saturated carbocycles. The van der Waals surface area contributed by atoms with Crippen LogP contribution in [-0.2, 0) is 0 Å². The highest BCUT2D eigenvalue weighted by atomic mass is 32.1. The van der Waals surface area contributed by atoms with Crippen molar-refractivity contribution in [3.63, 3.8) is 0 Å². The van der Waals surface area contributed by atoms with Crippen LogP contribution in [0.5, 0.6) is 0 Å². The quantitative estimate of drug-likeness (QED) is 0.786. The maximum absolute atomic E-state index is 3.80. The van der Waals surface area contributed by atoms with E-state index >= 15 is 0 Å². The summed E-state index contributed by atoms with van der Waals surface area (Å²) in [6.07, 6.45) is 5.05. The zero-order valence-electron chi connectivity index (χ0n) is 14.1. The van der Waals surface area contributed by atoms with E-state index < -0.39 is 0 Å². The molecule has 0 radical (unpaired) electrons. The lowest BCUT2D eigenvalue weighted by molar-refractivity contribution is 0.0605. The van der Waals surface area contributed by atoms with Crippen LogP contribution < -0.4 is 5.32 Å². The molecular formula is C18H32N2S. The molecule has 1 aromatic heterocycles. The van der Waals surface area contributed by atoms with Crippen LogP contribution in [0.25, 0.3) is 0 Å². The smallest absolute Gasteiger partial charge is 0.0445 e. The van der Waals surface area contributed by atoms with Crippen LogP contribution in [0.3, 0.4) is 0 Å². The molecule has 1 aromatic rings. The summed E-state index contributed by atoms with van der Waals surface area (Å²) >= 11 is 1.93. The van der Waals surface area contributed by atoms with E-state index in [1.807, 2.05) is 11.3 Å². The Balaban J connectivity index is 2.17. The molecule has 2 nitrogen and oxygen atoms in total. The SMILES string of the molecule is CCCC(c1cccs1)N1CC(C(C)CC)NCC1CC. The van der Waals surface area contributed by atoms with Gasteiger partial charge in [0.05, 0.1) is 0 Å². The second kappa shape index (κ2) is 8.30. The highest BCUT2D eigenvalue weighted by Crippen LogP contribution is 2.33. The average Bonchev–Trinajstić information content (AvgIpc) is 3.05. The molecule has 2 heterocycles. The van der Waals surface area contributed by atoms with Gasteiger partial charge in [0.1, 0.15) is 0 Å². The van der Waals surface area contributed by atoms with Crippen molar-refractivity contribution in [3.05, 3.63) is 22.4 Å². The van der Waals surface area contributed by atoms with E-state index in [2.05, 4.69) is 55.4 Å². The normalized spacial score (nSPS) is 26.7. The van der Waals surface area contributed by atoms with Gasteiger partial charge < -0.3 is 5.32 Å². The van der Waals surface area contributed by atoms with Gasteiger partial charge in [-0.3, -0.25) is 4.90 Å². The summed E-state index contributed by atoms with van der Waals surface area (Å²) in [5.41, 5.74) is 0. The third-order valence-electron chi connectivity index (χ3n) is 5.13. The summed E-state index contributed by atoms with van der Waals surface area (Å²) in [6, 6.07) is 6.49. The van der Waals surface area contributed by atoms with Gasteiger partial charge in [0.2, 0.25) is 0 Å². The number of hydrogen-bond acceptors (Lipinski definition) is 3. The van der Waals surface area contributed by atoms with Crippen LogP contribution >= 0.6 is 11.3 Å². The van der Waals surface area contributed by atoms with Crippen molar-refractivity contribution < 1.29 is 0 Å². The van der Waals surface area contributed by atoms with Crippen molar-refractivity contribution in [1.29, 1.82) is 0 Å². The Bertz CT molecular complexity index is 390. The van der Waals surface area contributed by atoms with Crippen molar-refractivity contribution in [2.45, 2.75) is 71.5 Å². The Labute approximate surface area is 134 Å². The molecule has 0 amide bonds. The average molecular weight is 309 g/mol. The number of nitrogens with zero attached hydrogens (tertiary/aromatic N) is 1. The monoisotopic (exact) mass is 308 g/mol. The van der Waals surface area contributed by atoms with Crippen LogP contribution in [0.15, 0.2) is 17.5 Å². The van der Waals surface area contributed by atoms with Gasteiger partial charge in [0, 0.05) is 36.1 Å². The highest BCUT2D eigenvalue weighted by molar-refractivity contribution is 7.10. The number of rotatable bonds is 7. The third kappa shape index (κ3) is 4.08. The van der Waals surface area contributed by atoms with Gasteiger partial charge in [-0.25, -0.2) is 0 Å². The molecule has 2 rings (SSSR count). The minimum Gasteiger partial charge on any atom is -0.311 e. The van der Waals surface area contributed by atoms with E-state index in [0.29, 0.717) is 18.1 Å². The minimum atomic E-state index is 0.619. The second-order valence-corrected chi connectivity index (χ2v) is 7.46. The van der Waals surface area contributed by atoms with Crippen molar-refractivity contribution in [2.75, 3.05) is 13.1 Å². The summed E-state index contributed by atoms with van der Waals surface area (Å²) in [4.78, 5) is 4.36. The van der Waals surface area contributed by atoms with Gasteiger partial charge in [-0.05, 0) is 30.2 Å². The summed E-state index contributed by atoms with van der Waals surface area (Å²) in [7, 11) is 0. The summed E-state index contributed by atoms with van der Waals surface area (Å²) in [5.74, 6) is 0.760. The first kappa shape index (κ1) is 17.0. The Morgan fingerprint density at radius 2 is 2.19 bits per heavy atom. The van der Waals surface area contributed by atoms with Crippen molar-refractivity contribution in [1.82, 2.24) is 10.2 Å². The molecule has 3 heteroatoms. The molecule has 120 valence electrons. The topological polar surface area (TPSA) is 15.3 Å². The van der Waals surface area contributed by atoms with E-state index in [-0.39, 0.29) is 0 Å². The molecule has 0 spiro atoms. The first-order valence-electron chi connectivity index (χ1n) is 8.73. The van der Waals surface area contributed by atoms with Crippen LogP contribution in [0.4, 0.5) is 0 Å². The van der Waals surface area contributed by atoms with Gasteiger partial charge >= 0.3 is 0 Å². The molecule has 1 saturated heterocycles. The van der Waals surface area contributed by atoms with Crippen molar-refractivity contribution in [2.24, 2.45) is 5.92 Å². The van der Waals surface area contributed by atoms with Gasteiger partial charge in [0.25, 0.3) is 0 Å². The first-order valence-corrected chi connectivity index (χ1v) is 9.61. The summed E-state index contributed by atoms with van der Waals surface area (Å²) in [5, 5.41) is 6.03. The Morgan fingerprint density at radius 3 is 2.76 bits per heavy atom. The molecule has 1 fully saturated rings. The predicted octanol–water partition coefficient (Wildman–Crippen LogP) is 4.69. The molecule has 0 aromatic carbocycles. The lowest BCUT2D eigenvalue weighted by Gasteiger charge is -2.46. The van der Waals surface area contributed by atoms with Crippen LogP contribution in [0.2, 0.25) is 0 Å². The van der Waals surface area contributed by atoms with Gasteiger partial charge in [-0.15, -0.1) is 11.3 Å². The molecular weight excluding hydrogens is 276 g/mol. The van der Waals surface area contributed by atoms with Crippen LogP contribution in [-0.4, -0.2) is 30.1 Å². The van der Waals surface area contributed by atoms with Crippen molar-refractivity contribution >= 4 is 11.3 Å². The second-order valence-electron chi connectivity index (χ2n) is 6.48. The standard InChI is InChI=1S/C18H32N2S/c1-5-9-17(18-10-8-11-21-18)20-13-16(14(4)6-2)19-12-15(20)7-3/h8,10-11,14-17,19H,5-7,9,12-13H2,1-4H3. The predicted molar refractivity (Wildman–Crippen MR) is 94.0 cm³/mol.